The van der Waals surface area contributed by atoms with Gasteiger partial charge in [0.05, 0.1) is 22.6 Å². The third-order valence-corrected chi connectivity index (χ3v) is 5.25. The largest absolute Gasteiger partial charge is 0.497 e. The Hall–Kier alpha value is -2.61. The lowest BCUT2D eigenvalue weighted by Crippen LogP contribution is -2.27. The predicted octanol–water partition coefficient (Wildman–Crippen LogP) is 2.74. The van der Waals surface area contributed by atoms with E-state index >= 15 is 0 Å². The van der Waals surface area contributed by atoms with Crippen LogP contribution in [0.3, 0.4) is 0 Å². The average molecular weight is 336 g/mol. The fraction of sp³-hybridized carbons (Fsp3) is 0.200. The van der Waals surface area contributed by atoms with E-state index in [9.17, 15) is 18.5 Å². The number of hydrogen-bond acceptors (Lipinski definition) is 5. The molecular formula is C15H16N2O5S. The zero-order valence-electron chi connectivity index (χ0n) is 12.9. The number of rotatable bonds is 5. The molecule has 0 saturated carbocycles. The van der Waals surface area contributed by atoms with Gasteiger partial charge in [0.2, 0.25) is 0 Å². The summed E-state index contributed by atoms with van der Waals surface area (Å²) in [6.45, 7) is 1.69. The Labute approximate surface area is 134 Å². The smallest absolute Gasteiger partial charge is 0.271 e. The first-order valence-corrected chi connectivity index (χ1v) is 8.09. The molecule has 0 radical (unpaired) electrons. The van der Waals surface area contributed by atoms with Crippen molar-refractivity contribution in [2.24, 2.45) is 0 Å². The molecule has 0 aliphatic carbocycles. The lowest BCUT2D eigenvalue weighted by atomic mass is 10.2. The van der Waals surface area contributed by atoms with Crippen molar-refractivity contribution in [3.05, 3.63) is 58.1 Å². The second-order valence-electron chi connectivity index (χ2n) is 4.88. The van der Waals surface area contributed by atoms with Gasteiger partial charge >= 0.3 is 0 Å². The van der Waals surface area contributed by atoms with Gasteiger partial charge in [0, 0.05) is 19.2 Å². The molecule has 2 rings (SSSR count). The third-order valence-electron chi connectivity index (χ3n) is 3.46. The first-order chi connectivity index (χ1) is 10.8. The van der Waals surface area contributed by atoms with Crippen molar-refractivity contribution >= 4 is 21.4 Å². The molecule has 122 valence electrons. The summed E-state index contributed by atoms with van der Waals surface area (Å²) >= 11 is 0. The number of methoxy groups -OCH3 is 1. The summed E-state index contributed by atoms with van der Waals surface area (Å²) in [7, 11) is -0.972. The van der Waals surface area contributed by atoms with Gasteiger partial charge in [0.1, 0.15) is 5.75 Å². The molecule has 23 heavy (non-hydrogen) atoms. The van der Waals surface area contributed by atoms with Crippen LogP contribution < -0.4 is 9.04 Å². The first kappa shape index (κ1) is 16.8. The van der Waals surface area contributed by atoms with Crippen molar-refractivity contribution in [3.8, 4) is 5.75 Å². The molecule has 0 atom stereocenters. The molecule has 0 heterocycles. The van der Waals surface area contributed by atoms with E-state index in [0.29, 0.717) is 11.3 Å². The summed E-state index contributed by atoms with van der Waals surface area (Å²) in [6, 6.07) is 10.0. The van der Waals surface area contributed by atoms with Crippen LogP contribution in [0, 0.1) is 17.0 Å². The minimum Gasteiger partial charge on any atom is -0.497 e. The molecule has 0 saturated heterocycles. The molecule has 0 amide bonds. The van der Waals surface area contributed by atoms with Crippen LogP contribution in [-0.2, 0) is 10.0 Å². The van der Waals surface area contributed by atoms with Crippen LogP contribution in [0.2, 0.25) is 0 Å². The second kappa shape index (κ2) is 6.25. The summed E-state index contributed by atoms with van der Waals surface area (Å²) in [4.78, 5) is 10.4. The van der Waals surface area contributed by atoms with Crippen LogP contribution in [0.15, 0.2) is 47.4 Å². The molecule has 2 aromatic carbocycles. The van der Waals surface area contributed by atoms with Gasteiger partial charge < -0.3 is 4.74 Å². The number of sulfonamides is 1. The van der Waals surface area contributed by atoms with Gasteiger partial charge in [-0.3, -0.25) is 14.4 Å². The number of anilines is 1. The highest BCUT2D eigenvalue weighted by molar-refractivity contribution is 7.92. The molecule has 2 aromatic rings. The predicted molar refractivity (Wildman–Crippen MR) is 86.4 cm³/mol. The number of non-ortho nitro benzene ring substituents is 1. The van der Waals surface area contributed by atoms with Crippen molar-refractivity contribution in [1.82, 2.24) is 0 Å². The second-order valence-corrected chi connectivity index (χ2v) is 6.85. The molecule has 0 fully saturated rings. The van der Waals surface area contributed by atoms with Gasteiger partial charge in [-0.1, -0.05) is 6.07 Å². The maximum atomic E-state index is 12.7. The van der Waals surface area contributed by atoms with E-state index in [0.717, 1.165) is 4.31 Å². The zero-order valence-corrected chi connectivity index (χ0v) is 13.7. The third kappa shape index (κ3) is 3.26. The highest BCUT2D eigenvalue weighted by atomic mass is 32.2. The van der Waals surface area contributed by atoms with Gasteiger partial charge in [-0.05, 0) is 36.8 Å². The van der Waals surface area contributed by atoms with E-state index in [-0.39, 0.29) is 16.3 Å². The van der Waals surface area contributed by atoms with Crippen molar-refractivity contribution in [1.29, 1.82) is 0 Å². The molecule has 8 heteroatoms. The number of ether oxygens (including phenoxy) is 1. The minimum absolute atomic E-state index is 0.0757. The molecule has 0 unspecified atom stereocenters. The van der Waals surface area contributed by atoms with E-state index in [1.165, 1.54) is 44.5 Å². The lowest BCUT2D eigenvalue weighted by Gasteiger charge is -2.21. The average Bonchev–Trinajstić information content (AvgIpc) is 2.54. The van der Waals surface area contributed by atoms with Crippen molar-refractivity contribution < 1.29 is 18.1 Å². The van der Waals surface area contributed by atoms with Gasteiger partial charge in [0.15, 0.2) is 0 Å². The number of aryl methyl sites for hydroxylation is 1. The standard InChI is InChI=1S/C15H16N2O5S/c1-11-4-5-12(17(18)19)10-15(11)16(2)23(20,21)14-8-6-13(22-3)7-9-14/h4-10H,1-3H3. The molecule has 0 spiro atoms. The minimum atomic E-state index is -3.83. The van der Waals surface area contributed by atoms with E-state index in [4.69, 9.17) is 4.74 Å². The normalized spacial score (nSPS) is 11.1. The first-order valence-electron chi connectivity index (χ1n) is 6.65. The van der Waals surface area contributed by atoms with Gasteiger partial charge in [-0.2, -0.15) is 0 Å². The molecule has 0 bridgehead atoms. The fourth-order valence-electron chi connectivity index (χ4n) is 2.09. The van der Waals surface area contributed by atoms with Crippen molar-refractivity contribution in [2.75, 3.05) is 18.5 Å². The number of nitrogens with zero attached hydrogens (tertiary/aromatic N) is 2. The van der Waals surface area contributed by atoms with E-state index in [1.54, 1.807) is 19.1 Å². The van der Waals surface area contributed by atoms with E-state index in [1.807, 2.05) is 0 Å². The summed E-state index contributed by atoms with van der Waals surface area (Å²) in [5, 5.41) is 10.9. The lowest BCUT2D eigenvalue weighted by molar-refractivity contribution is -0.384. The van der Waals surface area contributed by atoms with Crippen LogP contribution in [0.1, 0.15) is 5.56 Å². The summed E-state index contributed by atoms with van der Waals surface area (Å²) in [6.07, 6.45) is 0. The molecule has 0 N–H and O–H groups in total. The van der Waals surface area contributed by atoms with Crippen molar-refractivity contribution in [2.45, 2.75) is 11.8 Å². The monoisotopic (exact) mass is 336 g/mol. The SMILES string of the molecule is COc1ccc(S(=O)(=O)N(C)c2cc([N+](=O)[O-])ccc2C)cc1. The molecule has 0 aliphatic heterocycles. The topological polar surface area (TPSA) is 89.8 Å². The molecule has 0 aromatic heterocycles. The number of hydrogen-bond donors (Lipinski definition) is 0. The van der Waals surface area contributed by atoms with Crippen molar-refractivity contribution in [3.63, 3.8) is 0 Å². The highest BCUT2D eigenvalue weighted by Crippen LogP contribution is 2.29. The Morgan fingerprint density at radius 1 is 1.13 bits per heavy atom. The Morgan fingerprint density at radius 3 is 2.26 bits per heavy atom. The molecular weight excluding hydrogens is 320 g/mol. The number of nitro benzene ring substituents is 1. The maximum absolute atomic E-state index is 12.7. The van der Waals surface area contributed by atoms with Gasteiger partial charge in [-0.15, -0.1) is 0 Å². The Balaban J connectivity index is 2.47. The summed E-state index contributed by atoms with van der Waals surface area (Å²) in [5.41, 5.74) is 0.715. The maximum Gasteiger partial charge on any atom is 0.271 e. The van der Waals surface area contributed by atoms with E-state index in [2.05, 4.69) is 0 Å². The Morgan fingerprint density at radius 2 is 1.74 bits per heavy atom. The quantitative estimate of drug-likeness (QED) is 0.618. The number of nitro groups is 1. The number of benzene rings is 2. The molecule has 7 nitrogen and oxygen atoms in total. The fourth-order valence-corrected chi connectivity index (χ4v) is 3.34. The van der Waals surface area contributed by atoms with Gasteiger partial charge in [-0.25, -0.2) is 8.42 Å². The van der Waals surface area contributed by atoms with Crippen LogP contribution in [-0.4, -0.2) is 27.5 Å². The Kier molecular flexibility index (Phi) is 4.55. The highest BCUT2D eigenvalue weighted by Gasteiger charge is 2.24. The van der Waals surface area contributed by atoms with Crippen LogP contribution in [0.25, 0.3) is 0 Å². The summed E-state index contributed by atoms with van der Waals surface area (Å²) < 4.78 is 31.4. The van der Waals surface area contributed by atoms with Crippen LogP contribution in [0.5, 0.6) is 5.75 Å². The van der Waals surface area contributed by atoms with Crippen LogP contribution >= 0.6 is 0 Å². The molecule has 0 aliphatic rings. The summed E-state index contributed by atoms with van der Waals surface area (Å²) in [5.74, 6) is 0.540. The van der Waals surface area contributed by atoms with Gasteiger partial charge in [0.25, 0.3) is 15.7 Å². The van der Waals surface area contributed by atoms with E-state index < -0.39 is 14.9 Å². The Bertz CT molecular complexity index is 831. The zero-order chi connectivity index (χ0) is 17.2. The van der Waals surface area contributed by atoms with Crippen LogP contribution in [0.4, 0.5) is 11.4 Å².